The maximum Gasteiger partial charge on any atom is 0.328 e. The average molecular weight is 324 g/mol. The zero-order valence-corrected chi connectivity index (χ0v) is 12.3. The van der Waals surface area contributed by atoms with Crippen molar-refractivity contribution in [2.45, 2.75) is 6.61 Å². The van der Waals surface area contributed by atoms with Gasteiger partial charge in [0, 0.05) is 22.9 Å². The van der Waals surface area contributed by atoms with Gasteiger partial charge in [-0.1, -0.05) is 29.3 Å². The third-order valence-corrected chi connectivity index (χ3v) is 3.03. The van der Waals surface area contributed by atoms with Gasteiger partial charge in [-0.05, 0) is 30.3 Å². The highest BCUT2D eigenvalue weighted by atomic mass is 35.5. The number of pyridine rings is 1. The van der Waals surface area contributed by atoms with Gasteiger partial charge >= 0.3 is 5.97 Å². The molecular weight excluding hydrogens is 313 g/mol. The molecule has 0 radical (unpaired) electrons. The Morgan fingerprint density at radius 2 is 2.14 bits per heavy atom. The molecule has 0 saturated carbocycles. The average Bonchev–Trinajstić information content (AvgIpc) is 2.45. The highest BCUT2D eigenvalue weighted by Gasteiger charge is 2.10. The van der Waals surface area contributed by atoms with E-state index in [1.165, 1.54) is 12.1 Å². The van der Waals surface area contributed by atoms with Crippen molar-refractivity contribution in [3.8, 4) is 5.75 Å². The third kappa shape index (κ3) is 4.48. The summed E-state index contributed by atoms with van der Waals surface area (Å²) in [4.78, 5) is 14.8. The molecule has 4 nitrogen and oxygen atoms in total. The van der Waals surface area contributed by atoms with Gasteiger partial charge < -0.3 is 9.84 Å². The fraction of sp³-hybridized carbons (Fsp3) is 0.0667. The maximum absolute atomic E-state index is 10.6. The first-order valence-electron chi connectivity index (χ1n) is 5.99. The van der Waals surface area contributed by atoms with Gasteiger partial charge in [0.2, 0.25) is 0 Å². The van der Waals surface area contributed by atoms with Gasteiger partial charge in [0.25, 0.3) is 0 Å². The van der Waals surface area contributed by atoms with E-state index in [1.807, 2.05) is 12.1 Å². The van der Waals surface area contributed by atoms with E-state index < -0.39 is 5.97 Å². The van der Waals surface area contributed by atoms with E-state index in [1.54, 1.807) is 18.3 Å². The van der Waals surface area contributed by atoms with E-state index in [2.05, 4.69) is 4.98 Å². The number of benzene rings is 1. The molecule has 0 amide bonds. The number of nitrogens with zero attached hydrogens (tertiary/aromatic N) is 1. The largest absolute Gasteiger partial charge is 0.485 e. The highest BCUT2D eigenvalue weighted by Crippen LogP contribution is 2.33. The minimum atomic E-state index is -1.07. The van der Waals surface area contributed by atoms with Crippen LogP contribution in [0.2, 0.25) is 10.0 Å². The van der Waals surface area contributed by atoms with Crippen LogP contribution in [0.3, 0.4) is 0 Å². The molecule has 1 aromatic carbocycles. The molecule has 0 bridgehead atoms. The molecule has 0 fully saturated rings. The van der Waals surface area contributed by atoms with Crippen LogP contribution in [0.25, 0.3) is 6.08 Å². The topological polar surface area (TPSA) is 59.4 Å². The number of rotatable bonds is 5. The number of hydrogen-bond donors (Lipinski definition) is 1. The molecule has 21 heavy (non-hydrogen) atoms. The molecule has 0 aliphatic carbocycles. The fourth-order valence-corrected chi connectivity index (χ4v) is 2.21. The first-order valence-corrected chi connectivity index (χ1v) is 6.74. The van der Waals surface area contributed by atoms with Crippen LogP contribution in [0.15, 0.2) is 42.6 Å². The van der Waals surface area contributed by atoms with Gasteiger partial charge in [0.15, 0.2) is 0 Å². The van der Waals surface area contributed by atoms with Gasteiger partial charge in [0.1, 0.15) is 12.4 Å². The fourth-order valence-electron chi connectivity index (χ4n) is 1.65. The summed E-state index contributed by atoms with van der Waals surface area (Å²) in [7, 11) is 0. The summed E-state index contributed by atoms with van der Waals surface area (Å²) < 4.78 is 5.64. The van der Waals surface area contributed by atoms with Crippen LogP contribution < -0.4 is 4.74 Å². The first-order chi connectivity index (χ1) is 10.1. The molecule has 2 rings (SSSR count). The van der Waals surface area contributed by atoms with Crippen molar-refractivity contribution < 1.29 is 14.6 Å². The second-order valence-electron chi connectivity index (χ2n) is 4.09. The molecule has 2 aromatic rings. The van der Waals surface area contributed by atoms with Crippen molar-refractivity contribution in [2.75, 3.05) is 0 Å². The lowest BCUT2D eigenvalue weighted by Crippen LogP contribution is -2.00. The Kier molecular flexibility index (Phi) is 5.20. The van der Waals surface area contributed by atoms with Crippen molar-refractivity contribution in [2.24, 2.45) is 0 Å². The zero-order valence-electron chi connectivity index (χ0n) is 10.8. The predicted molar refractivity (Wildman–Crippen MR) is 81.7 cm³/mol. The van der Waals surface area contributed by atoms with Crippen LogP contribution in [-0.2, 0) is 11.4 Å². The monoisotopic (exact) mass is 323 g/mol. The number of halogens is 2. The van der Waals surface area contributed by atoms with E-state index in [4.69, 9.17) is 33.0 Å². The van der Waals surface area contributed by atoms with Crippen LogP contribution in [0.4, 0.5) is 0 Å². The predicted octanol–water partition coefficient (Wildman–Crippen LogP) is 4.07. The summed E-state index contributed by atoms with van der Waals surface area (Å²) in [5.74, 6) is -0.703. The molecule has 0 unspecified atom stereocenters. The SMILES string of the molecule is O=C(O)/C=C/c1cc(Cl)cc(Cl)c1OCc1ccccn1. The van der Waals surface area contributed by atoms with Crippen molar-refractivity contribution >= 4 is 35.2 Å². The number of hydrogen-bond acceptors (Lipinski definition) is 3. The molecular formula is C15H11Cl2NO3. The molecule has 0 aliphatic heterocycles. The number of aromatic nitrogens is 1. The zero-order chi connectivity index (χ0) is 15.2. The molecule has 0 spiro atoms. The minimum Gasteiger partial charge on any atom is -0.485 e. The van der Waals surface area contributed by atoms with Crippen molar-refractivity contribution in [3.63, 3.8) is 0 Å². The number of carboxylic acid groups (broad SMARTS) is 1. The van der Waals surface area contributed by atoms with Crippen LogP contribution in [0.1, 0.15) is 11.3 Å². The number of carboxylic acids is 1. The van der Waals surface area contributed by atoms with E-state index in [-0.39, 0.29) is 6.61 Å². The Balaban J connectivity index is 2.26. The van der Waals surface area contributed by atoms with Gasteiger partial charge in [-0.3, -0.25) is 4.98 Å². The van der Waals surface area contributed by atoms with Gasteiger partial charge in [-0.25, -0.2) is 4.79 Å². The molecule has 0 saturated heterocycles. The summed E-state index contributed by atoms with van der Waals surface area (Å²) in [6.07, 6.45) is 4.04. The van der Waals surface area contributed by atoms with Crippen LogP contribution >= 0.6 is 23.2 Å². The molecule has 108 valence electrons. The van der Waals surface area contributed by atoms with Gasteiger partial charge in [-0.15, -0.1) is 0 Å². The summed E-state index contributed by atoms with van der Waals surface area (Å²) in [5.41, 5.74) is 1.22. The van der Waals surface area contributed by atoms with Crippen LogP contribution in [-0.4, -0.2) is 16.1 Å². The Hall–Kier alpha value is -2.04. The van der Waals surface area contributed by atoms with Crippen LogP contribution in [0, 0.1) is 0 Å². The first kappa shape index (κ1) is 15.4. The third-order valence-electron chi connectivity index (χ3n) is 2.53. The second-order valence-corrected chi connectivity index (χ2v) is 4.93. The van der Waals surface area contributed by atoms with Gasteiger partial charge in [0.05, 0.1) is 10.7 Å². The van der Waals surface area contributed by atoms with Gasteiger partial charge in [-0.2, -0.15) is 0 Å². The molecule has 0 aliphatic rings. The summed E-state index contributed by atoms with van der Waals surface area (Å²) >= 11 is 12.0. The van der Waals surface area contributed by atoms with Crippen molar-refractivity contribution in [1.29, 1.82) is 0 Å². The van der Waals surface area contributed by atoms with Crippen molar-refractivity contribution in [1.82, 2.24) is 4.98 Å². The second kappa shape index (κ2) is 7.11. The quantitative estimate of drug-likeness (QED) is 0.843. The highest BCUT2D eigenvalue weighted by molar-refractivity contribution is 6.35. The summed E-state index contributed by atoms with van der Waals surface area (Å²) in [6.45, 7) is 0.218. The van der Waals surface area contributed by atoms with E-state index in [0.717, 1.165) is 11.8 Å². The Morgan fingerprint density at radius 1 is 1.33 bits per heavy atom. The Labute approximate surface area is 131 Å². The van der Waals surface area contributed by atoms with E-state index in [0.29, 0.717) is 21.4 Å². The summed E-state index contributed by atoms with van der Waals surface area (Å²) in [5, 5.41) is 9.42. The smallest absolute Gasteiger partial charge is 0.328 e. The molecule has 1 N–H and O–H groups in total. The van der Waals surface area contributed by atoms with Crippen molar-refractivity contribution in [3.05, 3.63) is 63.9 Å². The standard InChI is InChI=1S/C15H11Cl2NO3/c16-11-7-10(4-5-14(19)20)15(13(17)8-11)21-9-12-3-1-2-6-18-12/h1-8H,9H2,(H,19,20)/b5-4+. The molecule has 6 heteroatoms. The molecule has 1 aromatic heterocycles. The number of carbonyl (C=O) groups is 1. The van der Waals surface area contributed by atoms with Crippen LogP contribution in [0.5, 0.6) is 5.75 Å². The number of ether oxygens (including phenoxy) is 1. The Bertz CT molecular complexity index is 672. The van der Waals surface area contributed by atoms with E-state index in [9.17, 15) is 4.79 Å². The number of aliphatic carboxylic acids is 1. The lowest BCUT2D eigenvalue weighted by molar-refractivity contribution is -0.131. The van der Waals surface area contributed by atoms with E-state index >= 15 is 0 Å². The molecule has 0 atom stereocenters. The lowest BCUT2D eigenvalue weighted by atomic mass is 10.2. The minimum absolute atomic E-state index is 0.218. The Morgan fingerprint density at radius 3 is 2.81 bits per heavy atom. The summed E-state index contributed by atoms with van der Waals surface area (Å²) in [6, 6.07) is 8.59. The maximum atomic E-state index is 10.6. The molecule has 1 heterocycles. The normalized spacial score (nSPS) is 10.8. The lowest BCUT2D eigenvalue weighted by Gasteiger charge is -2.11.